The Labute approximate surface area is 120 Å². The van der Waals surface area contributed by atoms with Crippen LogP contribution in [0.2, 0.25) is 0 Å². The second-order valence-electron chi connectivity index (χ2n) is 5.33. The van der Waals surface area contributed by atoms with Crippen molar-refractivity contribution in [3.05, 3.63) is 24.3 Å². The lowest BCUT2D eigenvalue weighted by Gasteiger charge is -2.25. The van der Waals surface area contributed by atoms with Gasteiger partial charge < -0.3 is 20.5 Å². The Bertz CT molecular complexity index is 460. The Morgan fingerprint density at radius 3 is 2.90 bits per heavy atom. The standard InChI is InChI=1S/C15H23N3O2/c1-11(2)7-8-17-15(16)18-9-12-10-19-13-5-3-4-6-14(13)20-12/h3-6,11-12H,7-10H2,1-2H3,(H3,16,17,18). The number of rotatable bonds is 5. The molecule has 0 saturated heterocycles. The fraction of sp³-hybridized carbons (Fsp3) is 0.533. The van der Waals surface area contributed by atoms with E-state index in [1.165, 1.54) is 0 Å². The lowest BCUT2D eigenvalue weighted by atomic mass is 10.1. The van der Waals surface area contributed by atoms with Gasteiger partial charge in [0.1, 0.15) is 6.61 Å². The third-order valence-electron chi connectivity index (χ3n) is 3.06. The smallest absolute Gasteiger partial charge is 0.188 e. The van der Waals surface area contributed by atoms with Crippen LogP contribution in [-0.4, -0.2) is 31.8 Å². The van der Waals surface area contributed by atoms with E-state index in [2.05, 4.69) is 24.2 Å². The molecule has 1 unspecified atom stereocenters. The number of benzene rings is 1. The summed E-state index contributed by atoms with van der Waals surface area (Å²) in [4.78, 5) is 4.30. The van der Waals surface area contributed by atoms with Crippen LogP contribution in [0.5, 0.6) is 11.5 Å². The summed E-state index contributed by atoms with van der Waals surface area (Å²) in [5.41, 5.74) is 5.81. The number of hydrogen-bond acceptors (Lipinski definition) is 3. The van der Waals surface area contributed by atoms with Gasteiger partial charge in [-0.25, -0.2) is 4.99 Å². The van der Waals surface area contributed by atoms with E-state index in [4.69, 9.17) is 15.2 Å². The molecule has 1 heterocycles. The van der Waals surface area contributed by atoms with Crippen LogP contribution >= 0.6 is 0 Å². The van der Waals surface area contributed by atoms with Gasteiger partial charge in [-0.2, -0.15) is 0 Å². The van der Waals surface area contributed by atoms with Crippen LogP contribution in [0, 0.1) is 5.92 Å². The molecule has 20 heavy (non-hydrogen) atoms. The molecule has 0 bridgehead atoms. The summed E-state index contributed by atoms with van der Waals surface area (Å²) >= 11 is 0. The minimum atomic E-state index is -0.0876. The zero-order chi connectivity index (χ0) is 14.4. The Kier molecular flexibility index (Phi) is 5.09. The van der Waals surface area contributed by atoms with Crippen LogP contribution in [0.25, 0.3) is 0 Å². The summed E-state index contributed by atoms with van der Waals surface area (Å²) in [6.45, 7) is 6.20. The monoisotopic (exact) mass is 277 g/mol. The molecule has 1 atom stereocenters. The van der Waals surface area contributed by atoms with E-state index in [0.717, 1.165) is 24.5 Å². The normalized spacial score (nSPS) is 18.1. The van der Waals surface area contributed by atoms with E-state index in [9.17, 15) is 0 Å². The number of nitrogens with two attached hydrogens (primary N) is 1. The van der Waals surface area contributed by atoms with Gasteiger partial charge in [-0.1, -0.05) is 26.0 Å². The van der Waals surface area contributed by atoms with Crippen LogP contribution in [-0.2, 0) is 0 Å². The van der Waals surface area contributed by atoms with Gasteiger partial charge in [0.2, 0.25) is 0 Å². The maximum absolute atomic E-state index is 5.81. The topological polar surface area (TPSA) is 68.9 Å². The van der Waals surface area contributed by atoms with E-state index in [-0.39, 0.29) is 6.10 Å². The van der Waals surface area contributed by atoms with Crippen LogP contribution in [0.1, 0.15) is 20.3 Å². The highest BCUT2D eigenvalue weighted by Gasteiger charge is 2.19. The summed E-state index contributed by atoms with van der Waals surface area (Å²) in [7, 11) is 0. The molecule has 1 aromatic rings. The maximum atomic E-state index is 5.81. The summed E-state index contributed by atoms with van der Waals surface area (Å²) < 4.78 is 11.4. The molecule has 1 aromatic carbocycles. The molecule has 110 valence electrons. The van der Waals surface area contributed by atoms with Gasteiger partial charge in [0.15, 0.2) is 23.6 Å². The van der Waals surface area contributed by atoms with E-state index < -0.39 is 0 Å². The summed E-state index contributed by atoms with van der Waals surface area (Å²) in [5, 5.41) is 3.10. The zero-order valence-electron chi connectivity index (χ0n) is 12.1. The number of para-hydroxylation sites is 2. The van der Waals surface area contributed by atoms with Crippen molar-refractivity contribution < 1.29 is 9.47 Å². The van der Waals surface area contributed by atoms with E-state index >= 15 is 0 Å². The van der Waals surface area contributed by atoms with Crippen LogP contribution < -0.4 is 20.5 Å². The molecule has 1 aliphatic heterocycles. The fourth-order valence-corrected chi connectivity index (χ4v) is 1.90. The van der Waals surface area contributed by atoms with Crippen LogP contribution in [0.15, 0.2) is 29.3 Å². The first-order valence-corrected chi connectivity index (χ1v) is 7.07. The van der Waals surface area contributed by atoms with Crippen molar-refractivity contribution in [2.45, 2.75) is 26.4 Å². The highest BCUT2D eigenvalue weighted by atomic mass is 16.6. The van der Waals surface area contributed by atoms with Gasteiger partial charge >= 0.3 is 0 Å². The third-order valence-corrected chi connectivity index (χ3v) is 3.06. The van der Waals surface area contributed by atoms with Gasteiger partial charge in [0.25, 0.3) is 0 Å². The molecular formula is C15H23N3O2. The number of hydrogen-bond donors (Lipinski definition) is 2. The summed E-state index contributed by atoms with van der Waals surface area (Å²) in [6, 6.07) is 7.65. The van der Waals surface area contributed by atoms with Crippen molar-refractivity contribution in [3.63, 3.8) is 0 Å². The summed E-state index contributed by atoms with van der Waals surface area (Å²) in [5.74, 6) is 2.68. The second-order valence-corrected chi connectivity index (χ2v) is 5.33. The number of guanidine groups is 1. The minimum Gasteiger partial charge on any atom is -0.486 e. The van der Waals surface area contributed by atoms with Crippen LogP contribution in [0.3, 0.4) is 0 Å². The molecule has 0 saturated carbocycles. The quantitative estimate of drug-likeness (QED) is 0.636. The predicted molar refractivity (Wildman–Crippen MR) is 80.3 cm³/mol. The number of aliphatic imine (C=N–C) groups is 1. The molecule has 5 heteroatoms. The molecule has 0 fully saturated rings. The average molecular weight is 277 g/mol. The molecular weight excluding hydrogens is 254 g/mol. The molecule has 0 aliphatic carbocycles. The van der Waals surface area contributed by atoms with Crippen molar-refractivity contribution in [3.8, 4) is 11.5 Å². The molecule has 5 nitrogen and oxygen atoms in total. The van der Waals surface area contributed by atoms with Gasteiger partial charge in [-0.15, -0.1) is 0 Å². The van der Waals surface area contributed by atoms with Crippen molar-refractivity contribution in [1.29, 1.82) is 0 Å². The third kappa shape index (κ3) is 4.33. The second kappa shape index (κ2) is 7.03. The molecule has 1 aliphatic rings. The zero-order valence-corrected chi connectivity index (χ0v) is 12.1. The molecule has 3 N–H and O–H groups in total. The highest BCUT2D eigenvalue weighted by molar-refractivity contribution is 5.77. The number of ether oxygens (including phenoxy) is 2. The van der Waals surface area contributed by atoms with Crippen molar-refractivity contribution in [2.24, 2.45) is 16.6 Å². The van der Waals surface area contributed by atoms with Gasteiger partial charge in [0, 0.05) is 6.54 Å². The van der Waals surface area contributed by atoms with Crippen molar-refractivity contribution >= 4 is 5.96 Å². The van der Waals surface area contributed by atoms with E-state index in [1.54, 1.807) is 0 Å². The largest absolute Gasteiger partial charge is 0.486 e. The first-order valence-electron chi connectivity index (χ1n) is 7.07. The SMILES string of the molecule is CC(C)CCNC(N)=NCC1COc2ccccc2O1. The van der Waals surface area contributed by atoms with E-state index in [1.807, 2.05) is 24.3 Å². The molecule has 0 amide bonds. The molecule has 0 spiro atoms. The lowest BCUT2D eigenvalue weighted by Crippen LogP contribution is -2.36. The van der Waals surface area contributed by atoms with Crippen LogP contribution in [0.4, 0.5) is 0 Å². The molecule has 0 radical (unpaired) electrons. The molecule has 2 rings (SSSR count). The first-order chi connectivity index (χ1) is 9.65. The number of fused-ring (bicyclic) bond motifs is 1. The van der Waals surface area contributed by atoms with Crippen molar-refractivity contribution in [2.75, 3.05) is 19.7 Å². The van der Waals surface area contributed by atoms with Gasteiger partial charge in [-0.05, 0) is 24.5 Å². The summed E-state index contributed by atoms with van der Waals surface area (Å²) in [6.07, 6.45) is 0.988. The minimum absolute atomic E-state index is 0.0876. The van der Waals surface area contributed by atoms with E-state index in [0.29, 0.717) is 25.0 Å². The number of nitrogens with one attached hydrogen (secondary N) is 1. The van der Waals surface area contributed by atoms with Gasteiger partial charge in [0.05, 0.1) is 6.54 Å². The Balaban J connectivity index is 1.77. The Hall–Kier alpha value is -1.91. The Morgan fingerprint density at radius 1 is 1.40 bits per heavy atom. The fourth-order valence-electron chi connectivity index (χ4n) is 1.90. The van der Waals surface area contributed by atoms with Gasteiger partial charge in [-0.3, -0.25) is 0 Å². The number of nitrogens with zero attached hydrogens (tertiary/aromatic N) is 1. The highest BCUT2D eigenvalue weighted by Crippen LogP contribution is 2.30. The lowest BCUT2D eigenvalue weighted by molar-refractivity contribution is 0.0971. The molecule has 0 aromatic heterocycles. The van der Waals surface area contributed by atoms with Crippen molar-refractivity contribution in [1.82, 2.24) is 5.32 Å². The Morgan fingerprint density at radius 2 is 2.15 bits per heavy atom. The maximum Gasteiger partial charge on any atom is 0.188 e. The average Bonchev–Trinajstić information content (AvgIpc) is 2.44. The predicted octanol–water partition coefficient (Wildman–Crippen LogP) is 1.78. The first kappa shape index (κ1) is 14.5.